The van der Waals surface area contributed by atoms with Crippen molar-refractivity contribution in [3.05, 3.63) is 24.4 Å². The number of benzene rings is 1. The number of anilines is 1. The Labute approximate surface area is 217 Å². The second-order valence-corrected chi connectivity index (χ2v) is 11.8. The molecule has 0 unspecified atom stereocenters. The second-order valence-electron chi connectivity index (χ2n) is 11.8. The van der Waals surface area contributed by atoms with Crippen molar-refractivity contribution in [2.45, 2.75) is 89.9 Å². The minimum Gasteiger partial charge on any atom is -0.442 e. The third kappa shape index (κ3) is 4.74. The Balaban J connectivity index is 1.33. The van der Waals surface area contributed by atoms with Crippen molar-refractivity contribution >= 4 is 34.5 Å². The number of fused-ring (bicyclic) bond motifs is 1. The first-order valence-electron chi connectivity index (χ1n) is 13.5. The fourth-order valence-electron chi connectivity index (χ4n) is 6.41. The van der Waals surface area contributed by atoms with Crippen LogP contribution in [0.5, 0.6) is 0 Å². The Morgan fingerprint density at radius 3 is 2.51 bits per heavy atom. The van der Waals surface area contributed by atoms with Gasteiger partial charge < -0.3 is 19.7 Å². The molecule has 1 aromatic carbocycles. The molecule has 3 aliphatic rings. The fraction of sp³-hybridized carbons (Fsp3) is 0.643. The number of aromatic nitrogens is 2. The molecule has 3 fully saturated rings. The number of nitrogens with one attached hydrogen (secondary N) is 1. The van der Waals surface area contributed by atoms with E-state index in [0.29, 0.717) is 35.5 Å². The van der Waals surface area contributed by atoms with Gasteiger partial charge >= 0.3 is 6.09 Å². The molecule has 2 amide bonds. The lowest BCUT2D eigenvalue weighted by Gasteiger charge is -2.47. The number of ether oxygens (including phenoxy) is 2. The minimum absolute atomic E-state index is 0.151. The van der Waals surface area contributed by atoms with E-state index in [1.165, 1.54) is 4.68 Å². The van der Waals surface area contributed by atoms with Gasteiger partial charge in [-0.2, -0.15) is 9.78 Å². The summed E-state index contributed by atoms with van der Waals surface area (Å²) in [5.41, 5.74) is 0.107. The zero-order valence-corrected chi connectivity index (χ0v) is 22.3. The molecule has 0 bridgehead atoms. The van der Waals surface area contributed by atoms with Crippen molar-refractivity contribution in [3.63, 3.8) is 0 Å². The molecule has 2 heterocycles. The zero-order chi connectivity index (χ0) is 26.4. The molecule has 1 aromatic heterocycles. The van der Waals surface area contributed by atoms with Gasteiger partial charge in [0.15, 0.2) is 0 Å². The zero-order valence-electron chi connectivity index (χ0n) is 22.3. The molecule has 9 nitrogen and oxygen atoms in total. The van der Waals surface area contributed by atoms with Crippen molar-refractivity contribution in [3.8, 4) is 0 Å². The van der Waals surface area contributed by atoms with Gasteiger partial charge in [-0.25, -0.2) is 4.79 Å². The smallest absolute Gasteiger partial charge is 0.435 e. The summed E-state index contributed by atoms with van der Waals surface area (Å²) in [6.45, 7) is 6.01. The third-order valence-corrected chi connectivity index (χ3v) is 8.39. The van der Waals surface area contributed by atoms with Crippen molar-refractivity contribution in [2.75, 3.05) is 19.0 Å². The monoisotopic (exact) mass is 510 g/mol. The summed E-state index contributed by atoms with van der Waals surface area (Å²) in [5.74, 6) is 0.294. The van der Waals surface area contributed by atoms with E-state index in [1.54, 1.807) is 52.3 Å². The number of rotatable bonds is 5. The fourth-order valence-corrected chi connectivity index (χ4v) is 6.41. The van der Waals surface area contributed by atoms with Gasteiger partial charge in [0.1, 0.15) is 11.6 Å². The van der Waals surface area contributed by atoms with Crippen LogP contribution in [-0.2, 0) is 19.1 Å². The summed E-state index contributed by atoms with van der Waals surface area (Å²) in [6.07, 6.45) is 8.47. The number of hydrogen-bond acceptors (Lipinski definition) is 6. The average molecular weight is 511 g/mol. The Morgan fingerprint density at radius 2 is 1.84 bits per heavy atom. The van der Waals surface area contributed by atoms with Gasteiger partial charge in [-0.15, -0.1) is 0 Å². The van der Waals surface area contributed by atoms with Gasteiger partial charge in [0.25, 0.3) is 0 Å². The van der Waals surface area contributed by atoms with E-state index < -0.39 is 17.7 Å². The summed E-state index contributed by atoms with van der Waals surface area (Å²) < 4.78 is 12.2. The van der Waals surface area contributed by atoms with E-state index in [0.717, 1.165) is 44.9 Å². The van der Waals surface area contributed by atoms with Crippen molar-refractivity contribution in [2.24, 2.45) is 11.3 Å². The first-order chi connectivity index (χ1) is 17.6. The van der Waals surface area contributed by atoms with E-state index in [-0.39, 0.29) is 23.3 Å². The van der Waals surface area contributed by atoms with Crippen molar-refractivity contribution in [1.82, 2.24) is 14.7 Å². The number of carbonyl (C=O) groups is 3. The highest BCUT2D eigenvalue weighted by Crippen LogP contribution is 2.54. The summed E-state index contributed by atoms with van der Waals surface area (Å²) in [5, 5.41) is 7.89. The van der Waals surface area contributed by atoms with Crippen LogP contribution in [0, 0.1) is 11.3 Å². The Morgan fingerprint density at radius 1 is 1.11 bits per heavy atom. The van der Waals surface area contributed by atoms with Crippen LogP contribution in [0.15, 0.2) is 24.4 Å². The topological polar surface area (TPSA) is 103 Å². The molecular weight excluding hydrogens is 472 g/mol. The molecular formula is C28H38N4O5. The molecule has 1 N–H and O–H groups in total. The minimum atomic E-state index is -0.652. The summed E-state index contributed by atoms with van der Waals surface area (Å²) in [6, 6.07) is 4.83. The molecule has 5 rings (SSSR count). The molecule has 1 aliphatic heterocycles. The number of methoxy groups -OCH3 is 1. The molecule has 200 valence electrons. The third-order valence-electron chi connectivity index (χ3n) is 8.39. The van der Waals surface area contributed by atoms with E-state index in [1.807, 2.05) is 4.90 Å². The predicted molar refractivity (Wildman–Crippen MR) is 139 cm³/mol. The van der Waals surface area contributed by atoms with Gasteiger partial charge in [-0.1, -0.05) is 18.9 Å². The number of hydrogen-bond donors (Lipinski definition) is 1. The van der Waals surface area contributed by atoms with Gasteiger partial charge in [0.05, 0.1) is 28.9 Å². The van der Waals surface area contributed by atoms with Crippen LogP contribution in [0.1, 0.15) is 72.1 Å². The van der Waals surface area contributed by atoms with Gasteiger partial charge in [0.2, 0.25) is 11.8 Å². The van der Waals surface area contributed by atoms with Crippen molar-refractivity contribution in [1.29, 1.82) is 0 Å². The molecule has 2 saturated carbocycles. The SMILES string of the molecule is COC1CC(C2(C(=O)N3CCC[C@@H]3C(=O)Nc3cccc4c3cnn4C(=O)OC(C)(C)C)CCCC2)C1. The number of amides is 2. The maximum Gasteiger partial charge on any atom is 0.435 e. The summed E-state index contributed by atoms with van der Waals surface area (Å²) in [7, 11) is 1.74. The molecule has 2 aliphatic carbocycles. The van der Waals surface area contributed by atoms with Crippen LogP contribution in [-0.4, -0.2) is 64.0 Å². The predicted octanol–water partition coefficient (Wildman–Crippen LogP) is 4.73. The molecule has 1 saturated heterocycles. The first kappa shape index (κ1) is 25.7. The first-order valence-corrected chi connectivity index (χ1v) is 13.5. The number of nitrogens with zero attached hydrogens (tertiary/aromatic N) is 3. The Kier molecular flexibility index (Phi) is 6.77. The summed E-state index contributed by atoms with van der Waals surface area (Å²) >= 11 is 0. The quantitative estimate of drug-likeness (QED) is 0.624. The highest BCUT2D eigenvalue weighted by atomic mass is 16.6. The molecule has 0 spiro atoms. The molecule has 1 atom stereocenters. The lowest BCUT2D eigenvalue weighted by molar-refractivity contribution is -0.155. The van der Waals surface area contributed by atoms with Crippen LogP contribution in [0.2, 0.25) is 0 Å². The van der Waals surface area contributed by atoms with E-state index in [2.05, 4.69) is 10.4 Å². The second kappa shape index (κ2) is 9.74. The van der Waals surface area contributed by atoms with Gasteiger partial charge in [-0.3, -0.25) is 9.59 Å². The Bertz CT molecular complexity index is 1190. The van der Waals surface area contributed by atoms with Gasteiger partial charge in [-0.05, 0) is 77.3 Å². The van der Waals surface area contributed by atoms with E-state index >= 15 is 0 Å². The highest BCUT2D eigenvalue weighted by Gasteiger charge is 2.55. The maximum atomic E-state index is 14.0. The van der Waals surface area contributed by atoms with Crippen LogP contribution in [0.25, 0.3) is 10.9 Å². The van der Waals surface area contributed by atoms with E-state index in [9.17, 15) is 14.4 Å². The highest BCUT2D eigenvalue weighted by molar-refractivity contribution is 6.05. The van der Waals surface area contributed by atoms with Crippen LogP contribution in [0.3, 0.4) is 0 Å². The molecule has 2 aromatic rings. The molecule has 37 heavy (non-hydrogen) atoms. The lowest BCUT2D eigenvalue weighted by Crippen LogP contribution is -2.54. The average Bonchev–Trinajstić information content (AvgIpc) is 3.56. The summed E-state index contributed by atoms with van der Waals surface area (Å²) in [4.78, 5) is 42.0. The normalized spacial score (nSPS) is 25.2. The maximum absolute atomic E-state index is 14.0. The Hall–Kier alpha value is -2.94. The van der Waals surface area contributed by atoms with Crippen molar-refractivity contribution < 1.29 is 23.9 Å². The lowest BCUT2D eigenvalue weighted by atomic mass is 9.62. The van der Waals surface area contributed by atoms with E-state index in [4.69, 9.17) is 9.47 Å². The van der Waals surface area contributed by atoms with Crippen LogP contribution < -0.4 is 5.32 Å². The largest absolute Gasteiger partial charge is 0.442 e. The number of carbonyl (C=O) groups excluding carboxylic acids is 3. The standard InChI is InChI=1S/C28H38N4O5/c1-27(2,3)37-26(35)32-22-10-7-9-21(20(22)17-29-32)30-24(33)23-11-8-14-31(23)25(34)28(12-5-6-13-28)18-15-19(16-18)36-4/h7,9-10,17-19,23H,5-6,8,11-16H2,1-4H3,(H,30,33)/t18?,19?,23-/m1/s1. The molecule has 9 heteroatoms. The van der Waals surface area contributed by atoms with Gasteiger partial charge in [0, 0.05) is 19.0 Å². The number of likely N-dealkylation sites (tertiary alicyclic amines) is 1. The van der Waals surface area contributed by atoms with Crippen LogP contribution in [0.4, 0.5) is 10.5 Å². The molecule has 0 radical (unpaired) electrons. The van der Waals surface area contributed by atoms with Crippen LogP contribution >= 0.6 is 0 Å².